The van der Waals surface area contributed by atoms with E-state index in [4.69, 9.17) is 0 Å². The molecule has 3 nitrogen and oxygen atoms in total. The van der Waals surface area contributed by atoms with Crippen molar-refractivity contribution < 1.29 is 9.59 Å². The fraction of sp³-hybridized carbons (Fsp3) is 0. The van der Waals surface area contributed by atoms with E-state index >= 15 is 0 Å². The van der Waals surface area contributed by atoms with Crippen molar-refractivity contribution in [3.8, 4) is 0 Å². The molecule has 3 aromatic carbocycles. The van der Waals surface area contributed by atoms with Gasteiger partial charge in [-0.3, -0.25) is 9.59 Å². The van der Waals surface area contributed by atoms with Crippen LogP contribution in [0.5, 0.6) is 0 Å². The first kappa shape index (κ1) is 15.1. The molecule has 0 saturated heterocycles. The Hall–Kier alpha value is -3.46. The monoisotopic (exact) mass is 325 g/mol. The van der Waals surface area contributed by atoms with E-state index in [1.54, 1.807) is 42.6 Å². The Kier molecular flexibility index (Phi) is 3.75. The highest BCUT2D eigenvalue weighted by molar-refractivity contribution is 6.21. The van der Waals surface area contributed by atoms with E-state index in [2.05, 4.69) is 4.98 Å². The minimum atomic E-state index is -0.156. The minimum Gasteiger partial charge on any atom is -0.361 e. The van der Waals surface area contributed by atoms with Crippen molar-refractivity contribution in [3.63, 3.8) is 0 Å². The third-order valence-corrected chi connectivity index (χ3v) is 4.25. The van der Waals surface area contributed by atoms with E-state index in [1.807, 2.05) is 42.5 Å². The van der Waals surface area contributed by atoms with Gasteiger partial charge in [0.1, 0.15) is 0 Å². The van der Waals surface area contributed by atoms with Crippen LogP contribution in [0.1, 0.15) is 31.8 Å². The third-order valence-electron chi connectivity index (χ3n) is 4.25. The lowest BCUT2D eigenvalue weighted by Crippen LogP contribution is -2.11. The highest BCUT2D eigenvalue weighted by Crippen LogP contribution is 2.24. The molecule has 120 valence electrons. The summed E-state index contributed by atoms with van der Waals surface area (Å²) in [5.41, 5.74) is 2.81. The zero-order valence-corrected chi connectivity index (χ0v) is 13.4. The number of ketones is 2. The predicted molar refractivity (Wildman–Crippen MR) is 98.0 cm³/mol. The number of fused-ring (bicyclic) bond motifs is 1. The van der Waals surface area contributed by atoms with Gasteiger partial charge in [-0.15, -0.1) is 0 Å². The molecule has 0 fully saturated rings. The van der Waals surface area contributed by atoms with Crippen molar-refractivity contribution in [1.82, 2.24) is 4.98 Å². The van der Waals surface area contributed by atoms with E-state index in [0.29, 0.717) is 22.3 Å². The second-order valence-electron chi connectivity index (χ2n) is 5.85. The van der Waals surface area contributed by atoms with Gasteiger partial charge in [0, 0.05) is 39.4 Å². The van der Waals surface area contributed by atoms with Crippen LogP contribution >= 0.6 is 0 Å². The molecule has 0 aliphatic rings. The topological polar surface area (TPSA) is 49.9 Å². The number of carbonyl (C=O) groups is 2. The Morgan fingerprint density at radius 2 is 1.16 bits per heavy atom. The molecule has 0 bridgehead atoms. The Bertz CT molecular complexity index is 978. The van der Waals surface area contributed by atoms with Crippen molar-refractivity contribution in [3.05, 3.63) is 107 Å². The highest BCUT2D eigenvalue weighted by Gasteiger charge is 2.20. The zero-order chi connectivity index (χ0) is 17.2. The molecule has 0 aliphatic carbocycles. The molecule has 0 spiro atoms. The SMILES string of the molecule is O=C(c1ccccc1)c1cc2cc[nH]c2cc1C(=O)c1ccccc1. The quantitative estimate of drug-likeness (QED) is 0.556. The lowest BCUT2D eigenvalue weighted by atomic mass is 9.92. The molecule has 1 N–H and O–H groups in total. The molecule has 25 heavy (non-hydrogen) atoms. The van der Waals surface area contributed by atoms with E-state index in [0.717, 1.165) is 10.9 Å². The first-order valence-corrected chi connectivity index (χ1v) is 8.04. The first-order chi connectivity index (χ1) is 12.2. The number of aromatic amines is 1. The number of aromatic nitrogens is 1. The summed E-state index contributed by atoms with van der Waals surface area (Å²) in [4.78, 5) is 29.1. The molecular formula is C22H15NO2. The van der Waals surface area contributed by atoms with Gasteiger partial charge in [-0.1, -0.05) is 60.7 Å². The van der Waals surface area contributed by atoms with Gasteiger partial charge in [-0.05, 0) is 18.2 Å². The first-order valence-electron chi connectivity index (χ1n) is 8.04. The molecule has 1 heterocycles. The number of H-pyrrole nitrogens is 1. The summed E-state index contributed by atoms with van der Waals surface area (Å²) >= 11 is 0. The number of hydrogen-bond donors (Lipinski definition) is 1. The van der Waals surface area contributed by atoms with Crippen LogP contribution in [-0.2, 0) is 0 Å². The van der Waals surface area contributed by atoms with Gasteiger partial charge in [-0.2, -0.15) is 0 Å². The molecule has 3 heteroatoms. The molecule has 4 aromatic rings. The Morgan fingerprint density at radius 3 is 1.72 bits per heavy atom. The van der Waals surface area contributed by atoms with Gasteiger partial charge in [0.05, 0.1) is 0 Å². The van der Waals surface area contributed by atoms with Gasteiger partial charge in [-0.25, -0.2) is 0 Å². The number of carbonyl (C=O) groups excluding carboxylic acids is 2. The second kappa shape index (κ2) is 6.21. The van der Waals surface area contributed by atoms with Crippen molar-refractivity contribution in [2.24, 2.45) is 0 Å². The van der Waals surface area contributed by atoms with Crippen LogP contribution in [0, 0.1) is 0 Å². The number of rotatable bonds is 4. The molecule has 0 saturated carbocycles. The maximum atomic E-state index is 13.0. The van der Waals surface area contributed by atoms with Crippen molar-refractivity contribution in [2.45, 2.75) is 0 Å². The summed E-state index contributed by atoms with van der Waals surface area (Å²) in [5.74, 6) is -0.306. The average molecular weight is 325 g/mol. The van der Waals surface area contributed by atoms with E-state index in [-0.39, 0.29) is 11.6 Å². The lowest BCUT2D eigenvalue weighted by Gasteiger charge is -2.09. The molecule has 0 unspecified atom stereocenters. The Labute approximate surface area is 144 Å². The smallest absolute Gasteiger partial charge is 0.193 e. The Balaban J connectivity index is 1.90. The summed E-state index contributed by atoms with van der Waals surface area (Å²) in [7, 11) is 0. The van der Waals surface area contributed by atoms with Crippen LogP contribution in [0.15, 0.2) is 85.1 Å². The molecular weight excluding hydrogens is 310 g/mol. The molecule has 4 rings (SSSR count). The molecule has 1 aromatic heterocycles. The van der Waals surface area contributed by atoms with E-state index < -0.39 is 0 Å². The minimum absolute atomic E-state index is 0.150. The predicted octanol–water partition coefficient (Wildman–Crippen LogP) is 4.63. The van der Waals surface area contributed by atoms with Crippen molar-refractivity contribution in [2.75, 3.05) is 0 Å². The summed E-state index contributed by atoms with van der Waals surface area (Å²) in [6.07, 6.45) is 1.80. The molecule has 0 radical (unpaired) electrons. The van der Waals surface area contributed by atoms with E-state index in [1.165, 1.54) is 0 Å². The van der Waals surface area contributed by atoms with Crippen molar-refractivity contribution in [1.29, 1.82) is 0 Å². The average Bonchev–Trinajstić information content (AvgIpc) is 3.15. The number of benzene rings is 3. The fourth-order valence-corrected chi connectivity index (χ4v) is 2.97. The van der Waals surface area contributed by atoms with Gasteiger partial charge in [0.2, 0.25) is 0 Å². The summed E-state index contributed by atoms with van der Waals surface area (Å²) < 4.78 is 0. The van der Waals surface area contributed by atoms with Gasteiger partial charge in [0.15, 0.2) is 11.6 Å². The third kappa shape index (κ3) is 2.76. The van der Waals surface area contributed by atoms with Gasteiger partial charge in [0.25, 0.3) is 0 Å². The normalized spacial score (nSPS) is 10.7. The molecule has 0 amide bonds. The zero-order valence-electron chi connectivity index (χ0n) is 13.4. The molecule has 0 atom stereocenters. The molecule has 0 aliphatic heterocycles. The lowest BCUT2D eigenvalue weighted by molar-refractivity contribution is 0.100. The van der Waals surface area contributed by atoms with Crippen LogP contribution in [0.3, 0.4) is 0 Å². The van der Waals surface area contributed by atoms with Crippen LogP contribution in [0.4, 0.5) is 0 Å². The Morgan fingerprint density at radius 1 is 0.640 bits per heavy atom. The standard InChI is InChI=1S/C22H15NO2/c24-21(15-7-3-1-4-8-15)18-13-17-11-12-23-20(17)14-19(18)22(25)16-9-5-2-6-10-16/h1-14,23H. The van der Waals surface area contributed by atoms with Crippen LogP contribution in [0.2, 0.25) is 0 Å². The summed E-state index contributed by atoms with van der Waals surface area (Å²) in [6.45, 7) is 0. The largest absolute Gasteiger partial charge is 0.361 e. The van der Waals surface area contributed by atoms with Crippen LogP contribution < -0.4 is 0 Å². The van der Waals surface area contributed by atoms with Crippen molar-refractivity contribution >= 4 is 22.5 Å². The maximum absolute atomic E-state index is 13.0. The van der Waals surface area contributed by atoms with Crippen LogP contribution in [-0.4, -0.2) is 16.6 Å². The fourth-order valence-electron chi connectivity index (χ4n) is 2.97. The summed E-state index contributed by atoms with van der Waals surface area (Å²) in [5, 5.41) is 0.906. The number of hydrogen-bond acceptors (Lipinski definition) is 2. The van der Waals surface area contributed by atoms with Gasteiger partial charge < -0.3 is 4.98 Å². The maximum Gasteiger partial charge on any atom is 0.193 e. The second-order valence-corrected chi connectivity index (χ2v) is 5.85. The summed E-state index contributed by atoms with van der Waals surface area (Å²) in [6, 6.07) is 23.5. The van der Waals surface area contributed by atoms with Crippen LogP contribution in [0.25, 0.3) is 10.9 Å². The van der Waals surface area contributed by atoms with Gasteiger partial charge >= 0.3 is 0 Å². The van der Waals surface area contributed by atoms with E-state index in [9.17, 15) is 9.59 Å². The highest BCUT2D eigenvalue weighted by atomic mass is 16.1. The number of nitrogens with one attached hydrogen (secondary N) is 1.